The number of rotatable bonds is 2. The smallest absolute Gasteiger partial charge is 0.137 e. The highest BCUT2D eigenvalue weighted by Crippen LogP contribution is 2.39. The van der Waals surface area contributed by atoms with Crippen LogP contribution < -0.4 is 5.32 Å². The Bertz CT molecular complexity index is 583. The fourth-order valence-corrected chi connectivity index (χ4v) is 3.43. The minimum absolute atomic E-state index is 0.115. The molecule has 0 saturated heterocycles. The average molecular weight is 274 g/mol. The third-order valence-electron chi connectivity index (χ3n) is 3.28. The van der Waals surface area contributed by atoms with E-state index in [1.807, 2.05) is 31.3 Å². The monoisotopic (exact) mass is 274 g/mol. The van der Waals surface area contributed by atoms with Crippen LogP contribution in [0.2, 0.25) is 0 Å². The van der Waals surface area contributed by atoms with Gasteiger partial charge in [0, 0.05) is 16.3 Å². The van der Waals surface area contributed by atoms with Gasteiger partial charge in [-0.25, -0.2) is 4.39 Å². The van der Waals surface area contributed by atoms with Gasteiger partial charge in [0.2, 0.25) is 0 Å². The largest absolute Gasteiger partial charge is 0.377 e. The predicted octanol–water partition coefficient (Wildman–Crippen LogP) is 4.18. The zero-order chi connectivity index (χ0) is 13.2. The SMILES string of the molecule is Cc1ccc(NC2CCSc3c(F)cccc32)cn1. The van der Waals surface area contributed by atoms with Gasteiger partial charge in [-0.3, -0.25) is 4.98 Å². The van der Waals surface area contributed by atoms with Crippen LogP contribution in [0.15, 0.2) is 41.4 Å². The lowest BCUT2D eigenvalue weighted by Crippen LogP contribution is -2.17. The van der Waals surface area contributed by atoms with E-state index >= 15 is 0 Å². The highest BCUT2D eigenvalue weighted by atomic mass is 32.2. The van der Waals surface area contributed by atoms with Crippen molar-refractivity contribution < 1.29 is 4.39 Å². The van der Waals surface area contributed by atoms with Crippen molar-refractivity contribution in [2.24, 2.45) is 0 Å². The Hall–Kier alpha value is -1.55. The summed E-state index contributed by atoms with van der Waals surface area (Å²) in [6, 6.07) is 9.47. The second-order valence-electron chi connectivity index (χ2n) is 4.68. The molecule has 0 amide bonds. The Kier molecular flexibility index (Phi) is 3.42. The number of halogens is 1. The average Bonchev–Trinajstić information content (AvgIpc) is 2.43. The predicted molar refractivity (Wildman–Crippen MR) is 77.1 cm³/mol. The standard InChI is InChI=1S/C15H15FN2S/c1-10-5-6-11(9-17-10)18-14-7-8-19-15-12(14)3-2-4-13(15)16/h2-6,9,14,18H,7-8H2,1H3. The molecule has 0 radical (unpaired) electrons. The molecule has 1 aliphatic rings. The summed E-state index contributed by atoms with van der Waals surface area (Å²) in [5, 5.41) is 3.45. The number of thioether (sulfide) groups is 1. The maximum Gasteiger partial charge on any atom is 0.137 e. The highest BCUT2D eigenvalue weighted by molar-refractivity contribution is 7.99. The molecule has 0 aliphatic carbocycles. The van der Waals surface area contributed by atoms with Gasteiger partial charge in [-0.1, -0.05) is 12.1 Å². The Morgan fingerprint density at radius 2 is 2.21 bits per heavy atom. The second-order valence-corrected chi connectivity index (χ2v) is 5.79. The van der Waals surface area contributed by atoms with Crippen molar-refractivity contribution in [1.82, 2.24) is 4.98 Å². The molecule has 2 aromatic rings. The van der Waals surface area contributed by atoms with E-state index in [9.17, 15) is 4.39 Å². The Balaban J connectivity index is 1.88. The van der Waals surface area contributed by atoms with Gasteiger partial charge in [0.25, 0.3) is 0 Å². The Labute approximate surface area is 116 Å². The van der Waals surface area contributed by atoms with E-state index in [2.05, 4.69) is 10.3 Å². The third kappa shape index (κ3) is 2.59. The first kappa shape index (κ1) is 12.5. The van der Waals surface area contributed by atoms with Gasteiger partial charge >= 0.3 is 0 Å². The number of hydrogen-bond donors (Lipinski definition) is 1. The second kappa shape index (κ2) is 5.21. The summed E-state index contributed by atoms with van der Waals surface area (Å²) in [6.45, 7) is 1.96. The summed E-state index contributed by atoms with van der Waals surface area (Å²) < 4.78 is 13.8. The number of hydrogen-bond acceptors (Lipinski definition) is 3. The first-order chi connectivity index (χ1) is 9.24. The molecular weight excluding hydrogens is 259 g/mol. The summed E-state index contributed by atoms with van der Waals surface area (Å²) in [5.74, 6) is 0.821. The van der Waals surface area contributed by atoms with E-state index in [1.54, 1.807) is 17.8 Å². The van der Waals surface area contributed by atoms with Gasteiger partial charge in [-0.2, -0.15) is 0 Å². The van der Waals surface area contributed by atoms with Gasteiger partial charge in [0.1, 0.15) is 5.82 Å². The van der Waals surface area contributed by atoms with Crippen molar-refractivity contribution >= 4 is 17.4 Å². The summed E-state index contributed by atoms with van der Waals surface area (Å²) in [7, 11) is 0. The van der Waals surface area contributed by atoms with Crippen molar-refractivity contribution in [1.29, 1.82) is 0 Å². The first-order valence-electron chi connectivity index (χ1n) is 6.34. The molecule has 2 nitrogen and oxygen atoms in total. The van der Waals surface area contributed by atoms with Gasteiger partial charge in [0.15, 0.2) is 0 Å². The molecule has 4 heteroatoms. The summed E-state index contributed by atoms with van der Waals surface area (Å²) in [6.07, 6.45) is 2.82. The quantitative estimate of drug-likeness (QED) is 0.889. The lowest BCUT2D eigenvalue weighted by atomic mass is 10.0. The van der Waals surface area contributed by atoms with Crippen molar-refractivity contribution in [2.75, 3.05) is 11.1 Å². The van der Waals surface area contributed by atoms with Gasteiger partial charge < -0.3 is 5.32 Å². The van der Waals surface area contributed by atoms with E-state index in [-0.39, 0.29) is 11.9 Å². The molecule has 19 heavy (non-hydrogen) atoms. The minimum Gasteiger partial charge on any atom is -0.377 e. The van der Waals surface area contributed by atoms with Crippen LogP contribution in [-0.2, 0) is 0 Å². The molecule has 2 heterocycles. The van der Waals surface area contributed by atoms with Gasteiger partial charge in [-0.05, 0) is 37.1 Å². The molecule has 3 rings (SSSR count). The molecule has 0 spiro atoms. The van der Waals surface area contributed by atoms with Crippen molar-refractivity contribution in [3.05, 3.63) is 53.6 Å². The van der Waals surface area contributed by atoms with Crippen LogP contribution in [-0.4, -0.2) is 10.7 Å². The number of nitrogens with zero attached hydrogens (tertiary/aromatic N) is 1. The zero-order valence-corrected chi connectivity index (χ0v) is 11.5. The lowest BCUT2D eigenvalue weighted by Gasteiger charge is -2.27. The van der Waals surface area contributed by atoms with Gasteiger partial charge in [0.05, 0.1) is 17.9 Å². The highest BCUT2D eigenvalue weighted by Gasteiger charge is 2.22. The van der Waals surface area contributed by atoms with Crippen LogP contribution in [0.25, 0.3) is 0 Å². The maximum atomic E-state index is 13.8. The number of benzene rings is 1. The van der Waals surface area contributed by atoms with E-state index in [0.29, 0.717) is 0 Å². The van der Waals surface area contributed by atoms with E-state index in [0.717, 1.165) is 34.0 Å². The Morgan fingerprint density at radius 1 is 1.32 bits per heavy atom. The number of nitrogens with one attached hydrogen (secondary N) is 1. The fourth-order valence-electron chi connectivity index (χ4n) is 2.29. The Morgan fingerprint density at radius 3 is 3.00 bits per heavy atom. The molecule has 1 atom stereocenters. The van der Waals surface area contributed by atoms with Crippen molar-refractivity contribution in [2.45, 2.75) is 24.3 Å². The molecule has 0 fully saturated rings. The van der Waals surface area contributed by atoms with Crippen molar-refractivity contribution in [3.63, 3.8) is 0 Å². The first-order valence-corrected chi connectivity index (χ1v) is 7.33. The van der Waals surface area contributed by atoms with Crippen LogP contribution in [0, 0.1) is 12.7 Å². The summed E-state index contributed by atoms with van der Waals surface area (Å²) in [5.41, 5.74) is 3.03. The molecular formula is C15H15FN2S. The molecule has 0 saturated carbocycles. The molecule has 1 N–H and O–H groups in total. The summed E-state index contributed by atoms with van der Waals surface area (Å²) >= 11 is 1.60. The van der Waals surface area contributed by atoms with E-state index in [4.69, 9.17) is 0 Å². The third-order valence-corrected chi connectivity index (χ3v) is 4.44. The molecule has 0 bridgehead atoms. The molecule has 1 aromatic carbocycles. The molecule has 1 aromatic heterocycles. The van der Waals surface area contributed by atoms with Gasteiger partial charge in [-0.15, -0.1) is 11.8 Å². The lowest BCUT2D eigenvalue weighted by molar-refractivity contribution is 0.585. The van der Waals surface area contributed by atoms with Crippen LogP contribution >= 0.6 is 11.8 Å². The van der Waals surface area contributed by atoms with E-state index < -0.39 is 0 Å². The number of fused-ring (bicyclic) bond motifs is 1. The minimum atomic E-state index is -0.115. The number of pyridine rings is 1. The van der Waals surface area contributed by atoms with E-state index in [1.165, 1.54) is 6.07 Å². The molecule has 98 valence electrons. The maximum absolute atomic E-state index is 13.8. The fraction of sp³-hybridized carbons (Fsp3) is 0.267. The van der Waals surface area contributed by atoms with Crippen LogP contribution in [0.3, 0.4) is 0 Å². The summed E-state index contributed by atoms with van der Waals surface area (Å²) in [4.78, 5) is 5.06. The topological polar surface area (TPSA) is 24.9 Å². The van der Waals surface area contributed by atoms with Crippen molar-refractivity contribution in [3.8, 4) is 0 Å². The molecule has 1 unspecified atom stereocenters. The number of aromatic nitrogens is 1. The number of aryl methyl sites for hydroxylation is 1. The zero-order valence-electron chi connectivity index (χ0n) is 10.7. The normalized spacial score (nSPS) is 17.9. The van der Waals surface area contributed by atoms with Crippen LogP contribution in [0.1, 0.15) is 23.7 Å². The molecule has 1 aliphatic heterocycles. The number of anilines is 1. The van der Waals surface area contributed by atoms with Crippen LogP contribution in [0.4, 0.5) is 10.1 Å². The van der Waals surface area contributed by atoms with Crippen LogP contribution in [0.5, 0.6) is 0 Å².